The van der Waals surface area contributed by atoms with Crippen LogP contribution in [0.1, 0.15) is 43.2 Å². The van der Waals surface area contributed by atoms with E-state index in [4.69, 9.17) is 9.72 Å². The summed E-state index contributed by atoms with van der Waals surface area (Å²) < 4.78 is 7.74. The number of hydrogen-bond acceptors (Lipinski definition) is 5. The lowest BCUT2D eigenvalue weighted by Crippen LogP contribution is -2.32. The molecule has 1 aliphatic rings. The van der Waals surface area contributed by atoms with Gasteiger partial charge in [-0.15, -0.1) is 11.3 Å². The van der Waals surface area contributed by atoms with Crippen LogP contribution in [0.3, 0.4) is 0 Å². The van der Waals surface area contributed by atoms with Crippen molar-refractivity contribution in [2.45, 2.75) is 57.9 Å². The molecule has 0 fully saturated rings. The molecule has 0 saturated heterocycles. The van der Waals surface area contributed by atoms with Gasteiger partial charge in [-0.2, -0.15) is 0 Å². The Balaban J connectivity index is 1.98. The summed E-state index contributed by atoms with van der Waals surface area (Å²) in [5.41, 5.74) is 2.96. The summed E-state index contributed by atoms with van der Waals surface area (Å²) in [6.07, 6.45) is 1.78. The molecule has 0 spiro atoms. The second-order valence-corrected chi connectivity index (χ2v) is 9.77. The Morgan fingerprint density at radius 2 is 2.04 bits per heavy atom. The van der Waals surface area contributed by atoms with Gasteiger partial charge in [0.15, 0.2) is 5.16 Å². The van der Waals surface area contributed by atoms with Crippen LogP contribution >= 0.6 is 23.1 Å². The monoisotopic (exact) mass is 400 g/mol. The third-order valence-electron chi connectivity index (χ3n) is 4.80. The van der Waals surface area contributed by atoms with Crippen molar-refractivity contribution < 1.29 is 4.74 Å². The van der Waals surface area contributed by atoms with Crippen molar-refractivity contribution in [2.24, 2.45) is 0 Å². The van der Waals surface area contributed by atoms with Gasteiger partial charge in [-0.3, -0.25) is 9.36 Å². The first-order valence-electron chi connectivity index (χ1n) is 9.31. The Morgan fingerprint density at radius 3 is 2.74 bits per heavy atom. The lowest BCUT2D eigenvalue weighted by molar-refractivity contribution is -0.0379. The lowest BCUT2D eigenvalue weighted by Gasteiger charge is -2.29. The summed E-state index contributed by atoms with van der Waals surface area (Å²) in [6.45, 7) is 8.92. The molecule has 0 atom stereocenters. The standard InChI is InChI=1S/C21H24N2O2S2/c1-5-10-26-20-22-18-17(15-11-21(3,4)25-12-16(15)27-18)19(24)23(20)14-8-6-13(2)7-9-14/h6-9H,5,10-12H2,1-4H3. The normalized spacial score (nSPS) is 15.9. The molecule has 142 valence electrons. The number of nitrogens with zero attached hydrogens (tertiary/aromatic N) is 2. The average molecular weight is 401 g/mol. The Hall–Kier alpha value is -1.63. The van der Waals surface area contributed by atoms with Crippen LogP contribution in [0, 0.1) is 6.92 Å². The predicted octanol–water partition coefficient (Wildman–Crippen LogP) is 5.11. The maximum absolute atomic E-state index is 13.6. The molecule has 3 aromatic rings. The highest BCUT2D eigenvalue weighted by Crippen LogP contribution is 2.37. The third-order valence-corrected chi connectivity index (χ3v) is 7.05. The summed E-state index contributed by atoms with van der Waals surface area (Å²) in [4.78, 5) is 20.5. The van der Waals surface area contributed by atoms with E-state index in [9.17, 15) is 4.79 Å². The van der Waals surface area contributed by atoms with E-state index in [2.05, 4.69) is 27.7 Å². The van der Waals surface area contributed by atoms with Crippen molar-refractivity contribution in [2.75, 3.05) is 5.75 Å². The van der Waals surface area contributed by atoms with E-state index >= 15 is 0 Å². The predicted molar refractivity (Wildman–Crippen MR) is 114 cm³/mol. The number of thiophene rings is 1. The molecule has 27 heavy (non-hydrogen) atoms. The largest absolute Gasteiger partial charge is 0.370 e. The van der Waals surface area contributed by atoms with Crippen LogP contribution in [0.15, 0.2) is 34.2 Å². The zero-order valence-corrected chi connectivity index (χ0v) is 17.8. The van der Waals surface area contributed by atoms with Crippen LogP contribution in [-0.4, -0.2) is 20.9 Å². The molecule has 2 aromatic heterocycles. The Labute approximate surface area is 167 Å². The maximum atomic E-state index is 13.6. The van der Waals surface area contributed by atoms with Gasteiger partial charge in [-0.05, 0) is 44.9 Å². The molecule has 0 N–H and O–H groups in total. The molecule has 1 aromatic carbocycles. The SMILES string of the molecule is CCCSc1nc2sc3c(c2c(=O)n1-c1ccc(C)cc1)CC(C)(C)OC3. The van der Waals surface area contributed by atoms with Gasteiger partial charge in [0.25, 0.3) is 5.56 Å². The lowest BCUT2D eigenvalue weighted by atomic mass is 9.94. The number of rotatable bonds is 4. The van der Waals surface area contributed by atoms with Gasteiger partial charge in [-0.1, -0.05) is 36.4 Å². The molecule has 6 heteroatoms. The minimum atomic E-state index is -0.252. The molecule has 0 aliphatic carbocycles. The number of aromatic nitrogens is 2. The fourth-order valence-electron chi connectivity index (χ4n) is 3.39. The molecule has 1 aliphatic heterocycles. The smallest absolute Gasteiger partial charge is 0.267 e. The van der Waals surface area contributed by atoms with E-state index in [0.29, 0.717) is 6.61 Å². The number of thioether (sulfide) groups is 1. The first-order chi connectivity index (χ1) is 12.9. The summed E-state index contributed by atoms with van der Waals surface area (Å²) in [5, 5.41) is 1.55. The molecule has 4 nitrogen and oxygen atoms in total. The summed E-state index contributed by atoms with van der Waals surface area (Å²) in [5.74, 6) is 0.936. The molecule has 4 rings (SSSR count). The average Bonchev–Trinajstić information content (AvgIpc) is 2.97. The first-order valence-corrected chi connectivity index (χ1v) is 11.1. The molecular formula is C21H24N2O2S2. The van der Waals surface area contributed by atoms with Crippen LogP contribution < -0.4 is 5.56 Å². The van der Waals surface area contributed by atoms with Crippen molar-refractivity contribution in [3.8, 4) is 5.69 Å². The molecule has 0 amide bonds. The molecular weight excluding hydrogens is 376 g/mol. The van der Waals surface area contributed by atoms with Gasteiger partial charge in [0, 0.05) is 17.1 Å². The van der Waals surface area contributed by atoms with Crippen LogP contribution in [0.5, 0.6) is 0 Å². The molecule has 0 unspecified atom stereocenters. The van der Waals surface area contributed by atoms with Crippen molar-refractivity contribution in [3.05, 3.63) is 50.6 Å². The quantitative estimate of drug-likeness (QED) is 0.451. The van der Waals surface area contributed by atoms with Crippen LogP contribution in [0.25, 0.3) is 15.9 Å². The van der Waals surface area contributed by atoms with Crippen molar-refractivity contribution in [1.29, 1.82) is 0 Å². The van der Waals surface area contributed by atoms with E-state index in [-0.39, 0.29) is 11.2 Å². The zero-order chi connectivity index (χ0) is 19.2. The highest BCUT2D eigenvalue weighted by atomic mass is 32.2. The fraction of sp³-hybridized carbons (Fsp3) is 0.429. The van der Waals surface area contributed by atoms with Gasteiger partial charge in [0.2, 0.25) is 0 Å². The van der Waals surface area contributed by atoms with Gasteiger partial charge < -0.3 is 4.74 Å². The molecule has 0 saturated carbocycles. The van der Waals surface area contributed by atoms with E-state index in [1.165, 1.54) is 5.56 Å². The summed E-state index contributed by atoms with van der Waals surface area (Å²) in [6, 6.07) is 8.10. The summed E-state index contributed by atoms with van der Waals surface area (Å²) in [7, 11) is 0. The third kappa shape index (κ3) is 3.46. The molecule has 3 heterocycles. The molecule has 0 radical (unpaired) electrons. The number of benzene rings is 1. The number of fused-ring (bicyclic) bond motifs is 3. The van der Waals surface area contributed by atoms with Gasteiger partial charge >= 0.3 is 0 Å². The Kier molecular flexibility index (Phi) is 4.91. The van der Waals surface area contributed by atoms with E-state index in [1.54, 1.807) is 27.7 Å². The second kappa shape index (κ2) is 7.08. The van der Waals surface area contributed by atoms with Crippen LogP contribution in [0.2, 0.25) is 0 Å². The number of aryl methyl sites for hydroxylation is 1. The van der Waals surface area contributed by atoms with Gasteiger partial charge in [0.05, 0.1) is 23.3 Å². The maximum Gasteiger partial charge on any atom is 0.267 e. The Bertz CT molecular complexity index is 1050. The fourth-order valence-corrected chi connectivity index (χ4v) is 5.40. The van der Waals surface area contributed by atoms with E-state index in [0.717, 1.165) is 50.1 Å². The number of hydrogen-bond donors (Lipinski definition) is 0. The zero-order valence-electron chi connectivity index (χ0n) is 16.2. The highest BCUT2D eigenvalue weighted by Gasteiger charge is 2.31. The highest BCUT2D eigenvalue weighted by molar-refractivity contribution is 7.99. The first kappa shape index (κ1) is 18.7. The van der Waals surface area contributed by atoms with E-state index < -0.39 is 0 Å². The van der Waals surface area contributed by atoms with E-state index in [1.807, 2.05) is 24.3 Å². The minimum absolute atomic E-state index is 0.0395. The van der Waals surface area contributed by atoms with Gasteiger partial charge in [-0.25, -0.2) is 4.98 Å². The van der Waals surface area contributed by atoms with Crippen LogP contribution in [-0.2, 0) is 17.8 Å². The summed E-state index contributed by atoms with van der Waals surface area (Å²) >= 11 is 3.25. The minimum Gasteiger partial charge on any atom is -0.370 e. The van der Waals surface area contributed by atoms with Gasteiger partial charge in [0.1, 0.15) is 4.83 Å². The number of ether oxygens (including phenoxy) is 1. The van der Waals surface area contributed by atoms with Crippen LogP contribution in [0.4, 0.5) is 0 Å². The second-order valence-electron chi connectivity index (χ2n) is 7.63. The van der Waals surface area contributed by atoms with Crippen molar-refractivity contribution in [3.63, 3.8) is 0 Å². The van der Waals surface area contributed by atoms with Crippen molar-refractivity contribution >= 4 is 33.3 Å². The van der Waals surface area contributed by atoms with Crippen molar-refractivity contribution in [1.82, 2.24) is 9.55 Å². The molecule has 0 bridgehead atoms. The topological polar surface area (TPSA) is 44.1 Å². The Morgan fingerprint density at radius 1 is 1.30 bits per heavy atom.